The molecule has 0 saturated carbocycles. The lowest BCUT2D eigenvalue weighted by atomic mass is 10.1. The van der Waals surface area contributed by atoms with Gasteiger partial charge in [-0.1, -0.05) is 41.4 Å². The van der Waals surface area contributed by atoms with Gasteiger partial charge in [-0.15, -0.1) is 0 Å². The van der Waals surface area contributed by atoms with Gasteiger partial charge in [-0.25, -0.2) is 0 Å². The van der Waals surface area contributed by atoms with Crippen molar-refractivity contribution in [1.29, 1.82) is 0 Å². The molecule has 0 aliphatic rings. The molecule has 0 saturated heterocycles. The summed E-state index contributed by atoms with van der Waals surface area (Å²) in [5.74, 6) is 0.570. The molecule has 2 nitrogen and oxygen atoms in total. The van der Waals surface area contributed by atoms with Crippen molar-refractivity contribution in [3.63, 3.8) is 0 Å². The second-order valence-electron chi connectivity index (χ2n) is 4.56. The third-order valence-corrected chi connectivity index (χ3v) is 3.54. The highest BCUT2D eigenvalue weighted by atomic mass is 35.5. The molecule has 0 aliphatic carbocycles. The average molecular weight is 309 g/mol. The van der Waals surface area contributed by atoms with Crippen molar-refractivity contribution >= 4 is 29.0 Å². The van der Waals surface area contributed by atoms with Gasteiger partial charge in [-0.2, -0.15) is 0 Å². The molecule has 0 fully saturated rings. The van der Waals surface area contributed by atoms with E-state index in [1.165, 1.54) is 0 Å². The van der Waals surface area contributed by atoms with Crippen LogP contribution in [0.3, 0.4) is 0 Å². The van der Waals surface area contributed by atoms with E-state index < -0.39 is 0 Å². The molecule has 2 aromatic carbocycles. The number of para-hydroxylation sites is 1. The summed E-state index contributed by atoms with van der Waals surface area (Å²) in [6.07, 6.45) is 0. The van der Waals surface area contributed by atoms with Crippen LogP contribution in [0.15, 0.2) is 36.4 Å². The van der Waals surface area contributed by atoms with Crippen molar-refractivity contribution in [2.75, 3.05) is 6.61 Å². The molecular weight excluding hydrogens is 295 g/mol. The van der Waals surface area contributed by atoms with Crippen LogP contribution in [0, 0.1) is 13.8 Å². The molecule has 0 atom stereocenters. The Labute approximate surface area is 128 Å². The van der Waals surface area contributed by atoms with Crippen molar-refractivity contribution in [3.05, 3.63) is 63.1 Å². The van der Waals surface area contributed by atoms with Crippen LogP contribution in [-0.4, -0.2) is 12.4 Å². The molecule has 104 valence electrons. The maximum absolute atomic E-state index is 12.1. The van der Waals surface area contributed by atoms with Crippen LogP contribution in [-0.2, 0) is 0 Å². The van der Waals surface area contributed by atoms with Crippen LogP contribution in [0.2, 0.25) is 10.0 Å². The number of ketones is 1. The van der Waals surface area contributed by atoms with Gasteiger partial charge in [0.05, 0.1) is 5.02 Å². The minimum Gasteiger partial charge on any atom is -0.485 e. The highest BCUT2D eigenvalue weighted by Crippen LogP contribution is 2.24. The Morgan fingerprint density at radius 3 is 2.35 bits per heavy atom. The van der Waals surface area contributed by atoms with E-state index in [2.05, 4.69) is 0 Å². The zero-order valence-electron chi connectivity index (χ0n) is 11.2. The maximum Gasteiger partial charge on any atom is 0.201 e. The van der Waals surface area contributed by atoms with Gasteiger partial charge in [0.15, 0.2) is 6.61 Å². The van der Waals surface area contributed by atoms with Crippen molar-refractivity contribution in [2.24, 2.45) is 0 Å². The SMILES string of the molecule is Cc1cccc(C)c1OCC(=O)c1ccc(Cl)cc1Cl. The van der Waals surface area contributed by atoms with Crippen LogP contribution in [0.5, 0.6) is 5.75 Å². The molecule has 2 aromatic rings. The third-order valence-electron chi connectivity index (χ3n) is 2.99. The van der Waals surface area contributed by atoms with Crippen molar-refractivity contribution in [1.82, 2.24) is 0 Å². The predicted molar refractivity (Wildman–Crippen MR) is 82.2 cm³/mol. The van der Waals surface area contributed by atoms with E-state index in [-0.39, 0.29) is 12.4 Å². The summed E-state index contributed by atoms with van der Waals surface area (Å²) < 4.78 is 5.63. The standard InChI is InChI=1S/C16H14Cl2O2/c1-10-4-3-5-11(2)16(10)20-9-15(19)13-7-6-12(17)8-14(13)18/h3-8H,9H2,1-2H3. The molecule has 0 radical (unpaired) electrons. The van der Waals surface area contributed by atoms with E-state index in [0.29, 0.717) is 15.6 Å². The molecule has 0 N–H and O–H groups in total. The Kier molecular flexibility index (Phi) is 4.69. The van der Waals surface area contributed by atoms with E-state index in [4.69, 9.17) is 27.9 Å². The zero-order valence-corrected chi connectivity index (χ0v) is 12.8. The normalized spacial score (nSPS) is 10.4. The van der Waals surface area contributed by atoms with Crippen LogP contribution in [0.25, 0.3) is 0 Å². The number of aryl methyl sites for hydroxylation is 2. The number of rotatable bonds is 4. The Morgan fingerprint density at radius 1 is 1.10 bits per heavy atom. The fourth-order valence-electron chi connectivity index (χ4n) is 1.96. The molecule has 0 aliphatic heterocycles. The summed E-state index contributed by atoms with van der Waals surface area (Å²) in [6, 6.07) is 10.6. The van der Waals surface area contributed by atoms with Crippen LogP contribution in [0.1, 0.15) is 21.5 Å². The lowest BCUT2D eigenvalue weighted by Crippen LogP contribution is -2.13. The van der Waals surface area contributed by atoms with Crippen LogP contribution in [0.4, 0.5) is 0 Å². The summed E-state index contributed by atoms with van der Waals surface area (Å²) >= 11 is 11.8. The maximum atomic E-state index is 12.1. The zero-order chi connectivity index (χ0) is 14.7. The first-order valence-corrected chi connectivity index (χ1v) is 6.92. The van der Waals surface area contributed by atoms with Crippen molar-refractivity contribution < 1.29 is 9.53 Å². The predicted octanol–water partition coefficient (Wildman–Crippen LogP) is 4.87. The van der Waals surface area contributed by atoms with Gasteiger partial charge in [-0.3, -0.25) is 4.79 Å². The number of hydrogen-bond donors (Lipinski definition) is 0. The van der Waals surface area contributed by atoms with Gasteiger partial charge < -0.3 is 4.74 Å². The molecule has 0 aromatic heterocycles. The van der Waals surface area contributed by atoms with E-state index in [0.717, 1.165) is 16.9 Å². The molecule has 0 amide bonds. The summed E-state index contributed by atoms with van der Waals surface area (Å²) in [5.41, 5.74) is 2.42. The fourth-order valence-corrected chi connectivity index (χ4v) is 2.47. The number of halogens is 2. The molecule has 0 spiro atoms. The monoisotopic (exact) mass is 308 g/mol. The Bertz CT molecular complexity index is 631. The molecule has 2 rings (SSSR count). The lowest BCUT2D eigenvalue weighted by Gasteiger charge is -2.11. The van der Waals surface area contributed by atoms with Crippen molar-refractivity contribution in [2.45, 2.75) is 13.8 Å². The Balaban J connectivity index is 2.13. The molecule has 0 unspecified atom stereocenters. The minimum absolute atomic E-state index is 0.0486. The largest absolute Gasteiger partial charge is 0.485 e. The average Bonchev–Trinajstić information content (AvgIpc) is 2.37. The summed E-state index contributed by atoms with van der Waals surface area (Å²) in [6.45, 7) is 3.84. The number of ether oxygens (including phenoxy) is 1. The first-order valence-electron chi connectivity index (χ1n) is 6.16. The van der Waals surface area contributed by atoms with Gasteiger partial charge in [0.25, 0.3) is 0 Å². The van der Waals surface area contributed by atoms with Gasteiger partial charge in [0.1, 0.15) is 5.75 Å². The first kappa shape index (κ1) is 14.9. The number of hydrogen-bond acceptors (Lipinski definition) is 2. The van der Waals surface area contributed by atoms with Crippen LogP contribution < -0.4 is 4.74 Å². The number of benzene rings is 2. The number of Topliss-reactive ketones (excluding diaryl/α,β-unsaturated/α-hetero) is 1. The summed E-state index contributed by atoms with van der Waals surface area (Å²) in [4.78, 5) is 12.1. The molecule has 4 heteroatoms. The molecular formula is C16H14Cl2O2. The quantitative estimate of drug-likeness (QED) is 0.753. The molecule has 20 heavy (non-hydrogen) atoms. The Morgan fingerprint density at radius 2 is 1.75 bits per heavy atom. The third kappa shape index (κ3) is 3.33. The highest BCUT2D eigenvalue weighted by Gasteiger charge is 2.13. The van der Waals surface area contributed by atoms with E-state index >= 15 is 0 Å². The second-order valence-corrected chi connectivity index (χ2v) is 5.40. The minimum atomic E-state index is -0.172. The van der Waals surface area contributed by atoms with Gasteiger partial charge in [0.2, 0.25) is 5.78 Å². The highest BCUT2D eigenvalue weighted by molar-refractivity contribution is 6.36. The van der Waals surface area contributed by atoms with E-state index in [1.807, 2.05) is 32.0 Å². The second kappa shape index (κ2) is 6.29. The van der Waals surface area contributed by atoms with Crippen LogP contribution >= 0.6 is 23.2 Å². The lowest BCUT2D eigenvalue weighted by molar-refractivity contribution is 0.0921. The van der Waals surface area contributed by atoms with Crippen molar-refractivity contribution in [3.8, 4) is 5.75 Å². The molecule has 0 bridgehead atoms. The van der Waals surface area contributed by atoms with E-state index in [1.54, 1.807) is 18.2 Å². The number of carbonyl (C=O) groups is 1. The smallest absolute Gasteiger partial charge is 0.201 e. The fraction of sp³-hybridized carbons (Fsp3) is 0.188. The van der Waals surface area contributed by atoms with Gasteiger partial charge in [-0.05, 0) is 43.2 Å². The van der Waals surface area contributed by atoms with Gasteiger partial charge in [0, 0.05) is 10.6 Å². The molecule has 0 heterocycles. The summed E-state index contributed by atoms with van der Waals surface area (Å²) in [7, 11) is 0. The topological polar surface area (TPSA) is 26.3 Å². The summed E-state index contributed by atoms with van der Waals surface area (Å²) in [5, 5.41) is 0.842. The van der Waals surface area contributed by atoms with E-state index in [9.17, 15) is 4.79 Å². The number of carbonyl (C=O) groups excluding carboxylic acids is 1. The first-order chi connectivity index (χ1) is 9.49. The van der Waals surface area contributed by atoms with Gasteiger partial charge >= 0.3 is 0 Å². The Hall–Kier alpha value is -1.51.